The summed E-state index contributed by atoms with van der Waals surface area (Å²) in [6.45, 7) is 1.98. The molecular weight excluding hydrogens is 288 g/mol. The first-order chi connectivity index (χ1) is 8.22. The van der Waals surface area contributed by atoms with E-state index in [2.05, 4.69) is 30.9 Å². The molecule has 6 heteroatoms. The van der Waals surface area contributed by atoms with Gasteiger partial charge in [-0.15, -0.1) is 0 Å². The maximum atomic E-state index is 10.9. The van der Waals surface area contributed by atoms with Crippen LogP contribution >= 0.6 is 15.9 Å². The van der Waals surface area contributed by atoms with Crippen LogP contribution in [0.25, 0.3) is 0 Å². The van der Waals surface area contributed by atoms with Gasteiger partial charge < -0.3 is 4.74 Å². The third kappa shape index (κ3) is 2.52. The van der Waals surface area contributed by atoms with E-state index in [1.165, 1.54) is 0 Å². The summed E-state index contributed by atoms with van der Waals surface area (Å²) in [7, 11) is 0. The van der Waals surface area contributed by atoms with Crippen LogP contribution in [0.2, 0.25) is 0 Å². The molecule has 0 amide bonds. The topological polar surface area (TPSA) is 65.2 Å². The van der Waals surface area contributed by atoms with Crippen molar-refractivity contribution >= 4 is 22.2 Å². The maximum absolute atomic E-state index is 10.9. The van der Waals surface area contributed by atoms with Gasteiger partial charge in [-0.3, -0.25) is 4.79 Å². The predicted octanol–water partition coefficient (Wildman–Crippen LogP) is 2.53. The Balaban J connectivity index is 2.19. The predicted molar refractivity (Wildman–Crippen MR) is 62.9 cm³/mol. The number of carbonyl (C=O) groups is 1. The summed E-state index contributed by atoms with van der Waals surface area (Å²) in [6.07, 6.45) is 0.744. The van der Waals surface area contributed by atoms with E-state index < -0.39 is 0 Å². The average Bonchev–Trinajstić information content (AvgIpc) is 2.73. The molecule has 5 nitrogen and oxygen atoms in total. The number of hydrogen-bond acceptors (Lipinski definition) is 5. The molecule has 0 saturated heterocycles. The minimum absolute atomic E-state index is 0.207. The molecule has 0 spiro atoms. The smallest absolute Gasteiger partial charge is 0.153 e. The van der Waals surface area contributed by atoms with Crippen molar-refractivity contribution in [2.24, 2.45) is 0 Å². The number of rotatable bonds is 4. The van der Waals surface area contributed by atoms with Crippen LogP contribution in [0.15, 0.2) is 27.3 Å². The van der Waals surface area contributed by atoms with E-state index in [1.807, 2.05) is 0 Å². The lowest BCUT2D eigenvalue weighted by atomic mass is 10.2. The van der Waals surface area contributed by atoms with Crippen molar-refractivity contribution in [2.75, 3.05) is 0 Å². The number of halogens is 1. The Labute approximate surface area is 106 Å². The maximum Gasteiger partial charge on any atom is 0.153 e. The van der Waals surface area contributed by atoms with E-state index in [0.29, 0.717) is 22.7 Å². The zero-order valence-corrected chi connectivity index (χ0v) is 10.6. The summed E-state index contributed by atoms with van der Waals surface area (Å²) < 4.78 is 10.8. The van der Waals surface area contributed by atoms with Gasteiger partial charge >= 0.3 is 0 Å². The van der Waals surface area contributed by atoms with E-state index in [0.717, 1.165) is 10.8 Å². The lowest BCUT2D eigenvalue weighted by Gasteiger charge is -2.08. The van der Waals surface area contributed by atoms with Crippen LogP contribution < -0.4 is 4.74 Å². The fourth-order valence-electron chi connectivity index (χ4n) is 1.29. The van der Waals surface area contributed by atoms with Gasteiger partial charge in [0.1, 0.15) is 23.7 Å². The van der Waals surface area contributed by atoms with Gasteiger partial charge in [-0.1, -0.05) is 16.4 Å². The Hall–Kier alpha value is -1.69. The third-order valence-electron chi connectivity index (χ3n) is 2.22. The highest BCUT2D eigenvalue weighted by Gasteiger charge is 2.10. The van der Waals surface area contributed by atoms with Crippen LogP contribution in [-0.2, 0) is 6.61 Å². The minimum Gasteiger partial charge on any atom is -0.485 e. The van der Waals surface area contributed by atoms with Gasteiger partial charge in [0.25, 0.3) is 0 Å². The molecule has 2 aromatic rings. The Morgan fingerprint density at radius 2 is 2.29 bits per heavy atom. The Morgan fingerprint density at radius 3 is 2.94 bits per heavy atom. The van der Waals surface area contributed by atoms with Crippen LogP contribution in [0.1, 0.15) is 21.7 Å². The number of nitrogens with zero attached hydrogens (tertiary/aromatic N) is 2. The fourth-order valence-corrected chi connectivity index (χ4v) is 1.79. The molecule has 0 N–H and O–H groups in total. The van der Waals surface area contributed by atoms with Crippen LogP contribution in [0, 0.1) is 6.92 Å². The van der Waals surface area contributed by atoms with Gasteiger partial charge in [-0.25, -0.2) is 4.63 Å². The molecule has 0 atom stereocenters. The summed E-state index contributed by atoms with van der Waals surface area (Å²) in [5, 5.41) is 7.35. The van der Waals surface area contributed by atoms with E-state index in [4.69, 9.17) is 4.74 Å². The fraction of sp³-hybridized carbons (Fsp3) is 0.182. The molecule has 0 bridgehead atoms. The van der Waals surface area contributed by atoms with Crippen molar-refractivity contribution in [3.05, 3.63) is 39.6 Å². The third-order valence-corrected chi connectivity index (χ3v) is 2.85. The highest BCUT2D eigenvalue weighted by atomic mass is 79.9. The molecule has 1 heterocycles. The molecule has 0 aliphatic heterocycles. The summed E-state index contributed by atoms with van der Waals surface area (Å²) in [5.74, 6) is 0.491. The van der Waals surface area contributed by atoms with Gasteiger partial charge in [0.2, 0.25) is 0 Å². The van der Waals surface area contributed by atoms with E-state index in [-0.39, 0.29) is 6.61 Å². The van der Waals surface area contributed by atoms with Crippen molar-refractivity contribution in [1.29, 1.82) is 0 Å². The van der Waals surface area contributed by atoms with E-state index >= 15 is 0 Å². The Bertz CT molecular complexity index is 539. The number of aromatic nitrogens is 2. The number of hydrogen-bond donors (Lipinski definition) is 0. The number of aryl methyl sites for hydroxylation is 1. The highest BCUT2D eigenvalue weighted by Crippen LogP contribution is 2.28. The molecule has 88 valence electrons. The van der Waals surface area contributed by atoms with Crippen LogP contribution in [0.4, 0.5) is 0 Å². The number of para-hydroxylation sites is 1. The van der Waals surface area contributed by atoms with E-state index in [9.17, 15) is 4.79 Å². The van der Waals surface area contributed by atoms with Gasteiger partial charge in [0, 0.05) is 0 Å². The summed E-state index contributed by atoms with van der Waals surface area (Å²) >= 11 is 3.33. The Kier molecular flexibility index (Phi) is 3.53. The second kappa shape index (κ2) is 5.09. The van der Waals surface area contributed by atoms with Crippen molar-refractivity contribution in [3.63, 3.8) is 0 Å². The molecule has 0 saturated carbocycles. The van der Waals surface area contributed by atoms with Crippen LogP contribution in [0.3, 0.4) is 0 Å². The molecule has 0 fully saturated rings. The number of aldehydes is 1. The molecule has 1 aromatic carbocycles. The lowest BCUT2D eigenvalue weighted by molar-refractivity contribution is 0.111. The summed E-state index contributed by atoms with van der Waals surface area (Å²) in [4.78, 5) is 10.9. The van der Waals surface area contributed by atoms with Gasteiger partial charge in [0.15, 0.2) is 6.29 Å². The standard InChI is InChI=1S/C11H9BrN2O3/c1-7-10(14-17-13-7)6-16-11-8(5-15)3-2-4-9(11)12/h2-5H,6H2,1H3. The van der Waals surface area contributed by atoms with Crippen LogP contribution in [-0.4, -0.2) is 16.6 Å². The number of carbonyl (C=O) groups excluding carboxylic acids is 1. The van der Waals surface area contributed by atoms with Gasteiger partial charge in [0.05, 0.1) is 10.0 Å². The molecule has 0 aliphatic rings. The largest absolute Gasteiger partial charge is 0.485 e. The molecule has 1 aromatic heterocycles. The second-order valence-corrected chi connectivity index (χ2v) is 4.22. The first-order valence-corrected chi connectivity index (χ1v) is 5.66. The van der Waals surface area contributed by atoms with Gasteiger partial charge in [-0.2, -0.15) is 0 Å². The van der Waals surface area contributed by atoms with Gasteiger partial charge in [-0.05, 0) is 35.0 Å². The average molecular weight is 297 g/mol. The monoisotopic (exact) mass is 296 g/mol. The first-order valence-electron chi connectivity index (χ1n) is 4.87. The number of ether oxygens (including phenoxy) is 1. The molecule has 17 heavy (non-hydrogen) atoms. The Morgan fingerprint density at radius 1 is 1.47 bits per heavy atom. The molecule has 0 unspecified atom stereocenters. The number of benzene rings is 1. The van der Waals surface area contributed by atoms with Crippen molar-refractivity contribution in [2.45, 2.75) is 13.5 Å². The summed E-state index contributed by atoms with van der Waals surface area (Å²) in [6, 6.07) is 5.25. The molecular formula is C11H9BrN2O3. The van der Waals surface area contributed by atoms with Crippen molar-refractivity contribution in [3.8, 4) is 5.75 Å². The SMILES string of the molecule is Cc1nonc1COc1c(Br)cccc1C=O. The first kappa shape index (κ1) is 11.8. The van der Waals surface area contributed by atoms with E-state index in [1.54, 1.807) is 25.1 Å². The van der Waals surface area contributed by atoms with Crippen molar-refractivity contribution in [1.82, 2.24) is 10.3 Å². The molecule has 2 rings (SSSR count). The van der Waals surface area contributed by atoms with Crippen LogP contribution in [0.5, 0.6) is 5.75 Å². The lowest BCUT2D eigenvalue weighted by Crippen LogP contribution is -2.00. The second-order valence-electron chi connectivity index (χ2n) is 3.36. The highest BCUT2D eigenvalue weighted by molar-refractivity contribution is 9.10. The minimum atomic E-state index is 0.207. The zero-order valence-electron chi connectivity index (χ0n) is 9.01. The van der Waals surface area contributed by atoms with Crippen molar-refractivity contribution < 1.29 is 14.2 Å². The molecule has 0 aliphatic carbocycles. The normalized spacial score (nSPS) is 10.2. The summed E-state index contributed by atoms with van der Waals surface area (Å²) in [5.41, 5.74) is 1.76. The molecule has 0 radical (unpaired) electrons. The quantitative estimate of drug-likeness (QED) is 0.811. The zero-order chi connectivity index (χ0) is 12.3.